The van der Waals surface area contributed by atoms with Crippen molar-refractivity contribution in [1.82, 2.24) is 0 Å². The van der Waals surface area contributed by atoms with E-state index < -0.39 is 6.10 Å². The van der Waals surface area contributed by atoms with Crippen molar-refractivity contribution in [1.29, 1.82) is 0 Å². The molecule has 3 heteroatoms. The fraction of sp³-hybridized carbons (Fsp3) is 0.571. The molecule has 1 heterocycles. The highest BCUT2D eigenvalue weighted by molar-refractivity contribution is 5.28. The number of ether oxygens (including phenoxy) is 2. The second-order valence-corrected chi connectivity index (χ2v) is 4.70. The molecule has 0 amide bonds. The van der Waals surface area contributed by atoms with Gasteiger partial charge < -0.3 is 14.6 Å². The minimum absolute atomic E-state index is 0.224. The maximum Gasteiger partial charge on any atom is 0.119 e. The summed E-state index contributed by atoms with van der Waals surface area (Å²) in [4.78, 5) is 0. The first-order valence-electron chi connectivity index (χ1n) is 6.21. The second-order valence-electron chi connectivity index (χ2n) is 4.70. The van der Waals surface area contributed by atoms with Gasteiger partial charge in [-0.25, -0.2) is 0 Å². The van der Waals surface area contributed by atoms with E-state index in [1.165, 1.54) is 0 Å². The monoisotopic (exact) mass is 236 g/mol. The topological polar surface area (TPSA) is 38.7 Å². The molecule has 1 N–H and O–H groups in total. The summed E-state index contributed by atoms with van der Waals surface area (Å²) in [5.41, 5.74) is 0.906. The second kappa shape index (κ2) is 5.52. The molecule has 0 saturated carbocycles. The third kappa shape index (κ3) is 3.45. The van der Waals surface area contributed by atoms with Gasteiger partial charge in [0.2, 0.25) is 0 Å². The highest BCUT2D eigenvalue weighted by atomic mass is 16.5. The Morgan fingerprint density at radius 2 is 2.06 bits per heavy atom. The fourth-order valence-electron chi connectivity index (χ4n) is 2.04. The first-order valence-corrected chi connectivity index (χ1v) is 6.21. The SMILES string of the molecule is CC1CCC(COc2ccc([C@H](C)O)cc2)O1. The van der Waals surface area contributed by atoms with Crippen LogP contribution in [0.1, 0.15) is 38.4 Å². The Hall–Kier alpha value is -1.06. The van der Waals surface area contributed by atoms with Crippen LogP contribution < -0.4 is 4.74 Å². The summed E-state index contributed by atoms with van der Waals surface area (Å²) in [5, 5.41) is 9.39. The van der Waals surface area contributed by atoms with Gasteiger partial charge in [-0.15, -0.1) is 0 Å². The molecule has 0 aromatic heterocycles. The lowest BCUT2D eigenvalue weighted by atomic mass is 10.1. The van der Waals surface area contributed by atoms with Gasteiger partial charge in [0.15, 0.2) is 0 Å². The van der Waals surface area contributed by atoms with Crippen LogP contribution in [-0.4, -0.2) is 23.9 Å². The smallest absolute Gasteiger partial charge is 0.119 e. The van der Waals surface area contributed by atoms with Gasteiger partial charge in [0, 0.05) is 0 Å². The Labute approximate surface area is 102 Å². The lowest BCUT2D eigenvalue weighted by molar-refractivity contribution is 0.0264. The van der Waals surface area contributed by atoms with Gasteiger partial charge in [-0.1, -0.05) is 12.1 Å². The first kappa shape index (κ1) is 12.4. The van der Waals surface area contributed by atoms with Crippen LogP contribution in [0.15, 0.2) is 24.3 Å². The quantitative estimate of drug-likeness (QED) is 0.873. The van der Waals surface area contributed by atoms with E-state index in [1.807, 2.05) is 24.3 Å². The minimum atomic E-state index is -0.428. The first-order chi connectivity index (χ1) is 8.15. The molecule has 0 bridgehead atoms. The summed E-state index contributed by atoms with van der Waals surface area (Å²) >= 11 is 0. The number of aliphatic hydroxyl groups excluding tert-OH is 1. The van der Waals surface area contributed by atoms with Crippen molar-refractivity contribution < 1.29 is 14.6 Å². The molecule has 1 saturated heterocycles. The Kier molecular flexibility index (Phi) is 4.02. The molecule has 0 aliphatic carbocycles. The molecule has 2 rings (SSSR count). The fourth-order valence-corrected chi connectivity index (χ4v) is 2.04. The molecule has 1 aromatic rings. The maximum absolute atomic E-state index is 9.39. The Bertz CT molecular complexity index is 345. The van der Waals surface area contributed by atoms with E-state index in [1.54, 1.807) is 6.92 Å². The molecule has 3 atom stereocenters. The van der Waals surface area contributed by atoms with Gasteiger partial charge >= 0.3 is 0 Å². The zero-order valence-electron chi connectivity index (χ0n) is 10.4. The molecular formula is C14H20O3. The van der Waals surface area contributed by atoms with Crippen molar-refractivity contribution in [3.05, 3.63) is 29.8 Å². The van der Waals surface area contributed by atoms with Crippen LogP contribution >= 0.6 is 0 Å². The molecule has 1 aliphatic heterocycles. The zero-order chi connectivity index (χ0) is 12.3. The van der Waals surface area contributed by atoms with Crippen molar-refractivity contribution in [2.24, 2.45) is 0 Å². The molecule has 0 spiro atoms. The van der Waals surface area contributed by atoms with Crippen LogP contribution in [0.4, 0.5) is 0 Å². The lowest BCUT2D eigenvalue weighted by Gasteiger charge is -2.13. The average Bonchev–Trinajstić information content (AvgIpc) is 2.73. The van der Waals surface area contributed by atoms with Crippen molar-refractivity contribution in [3.8, 4) is 5.75 Å². The number of benzene rings is 1. The zero-order valence-corrected chi connectivity index (χ0v) is 10.4. The van der Waals surface area contributed by atoms with Gasteiger partial charge in [-0.05, 0) is 44.4 Å². The normalized spacial score (nSPS) is 25.8. The van der Waals surface area contributed by atoms with Crippen LogP contribution in [0, 0.1) is 0 Å². The van der Waals surface area contributed by atoms with E-state index in [4.69, 9.17) is 9.47 Å². The Morgan fingerprint density at radius 1 is 1.35 bits per heavy atom. The van der Waals surface area contributed by atoms with Crippen LogP contribution in [0.25, 0.3) is 0 Å². The van der Waals surface area contributed by atoms with E-state index in [9.17, 15) is 5.11 Å². The lowest BCUT2D eigenvalue weighted by Crippen LogP contribution is -2.17. The maximum atomic E-state index is 9.39. The van der Waals surface area contributed by atoms with Gasteiger partial charge in [0.1, 0.15) is 12.4 Å². The van der Waals surface area contributed by atoms with Gasteiger partial charge in [-0.2, -0.15) is 0 Å². The van der Waals surface area contributed by atoms with E-state index in [2.05, 4.69) is 6.92 Å². The largest absolute Gasteiger partial charge is 0.491 e. The minimum Gasteiger partial charge on any atom is -0.491 e. The van der Waals surface area contributed by atoms with Crippen molar-refractivity contribution in [2.75, 3.05) is 6.61 Å². The summed E-state index contributed by atoms with van der Waals surface area (Å²) in [6, 6.07) is 7.55. The molecule has 17 heavy (non-hydrogen) atoms. The molecule has 94 valence electrons. The standard InChI is InChI=1S/C14H20O3/c1-10-3-6-14(17-10)9-16-13-7-4-12(5-8-13)11(2)15/h4-5,7-8,10-11,14-15H,3,6,9H2,1-2H3/t10?,11-,14?/m0/s1. The van der Waals surface area contributed by atoms with Gasteiger partial charge in [0.05, 0.1) is 18.3 Å². The van der Waals surface area contributed by atoms with Gasteiger partial charge in [-0.3, -0.25) is 0 Å². The summed E-state index contributed by atoms with van der Waals surface area (Å²) in [5.74, 6) is 0.831. The predicted molar refractivity (Wildman–Crippen MR) is 66.1 cm³/mol. The third-order valence-corrected chi connectivity index (χ3v) is 3.12. The van der Waals surface area contributed by atoms with Crippen LogP contribution in [0.5, 0.6) is 5.75 Å². The summed E-state index contributed by atoms with van der Waals surface area (Å²) in [6.07, 6.45) is 2.35. The van der Waals surface area contributed by atoms with Crippen LogP contribution in [-0.2, 0) is 4.74 Å². The van der Waals surface area contributed by atoms with E-state index >= 15 is 0 Å². The highest BCUT2D eigenvalue weighted by Crippen LogP contribution is 2.21. The Morgan fingerprint density at radius 3 is 2.59 bits per heavy atom. The average molecular weight is 236 g/mol. The van der Waals surface area contributed by atoms with Crippen LogP contribution in [0.2, 0.25) is 0 Å². The van der Waals surface area contributed by atoms with Crippen molar-refractivity contribution >= 4 is 0 Å². The molecular weight excluding hydrogens is 216 g/mol. The van der Waals surface area contributed by atoms with E-state index in [0.29, 0.717) is 12.7 Å². The van der Waals surface area contributed by atoms with E-state index in [-0.39, 0.29) is 6.10 Å². The molecule has 3 nitrogen and oxygen atoms in total. The molecule has 0 radical (unpaired) electrons. The Balaban J connectivity index is 1.83. The third-order valence-electron chi connectivity index (χ3n) is 3.12. The van der Waals surface area contributed by atoms with Crippen molar-refractivity contribution in [3.63, 3.8) is 0 Å². The molecule has 1 aliphatic rings. The van der Waals surface area contributed by atoms with Crippen molar-refractivity contribution in [2.45, 2.75) is 45.0 Å². The highest BCUT2D eigenvalue weighted by Gasteiger charge is 2.22. The number of aliphatic hydroxyl groups is 1. The number of rotatable bonds is 4. The summed E-state index contributed by atoms with van der Waals surface area (Å²) in [7, 11) is 0. The number of hydrogen-bond acceptors (Lipinski definition) is 3. The number of hydrogen-bond donors (Lipinski definition) is 1. The van der Waals surface area contributed by atoms with Gasteiger partial charge in [0.25, 0.3) is 0 Å². The molecule has 1 aromatic carbocycles. The molecule has 1 fully saturated rings. The predicted octanol–water partition coefficient (Wildman–Crippen LogP) is 2.69. The summed E-state index contributed by atoms with van der Waals surface area (Å²) < 4.78 is 11.3. The van der Waals surface area contributed by atoms with Crippen LogP contribution in [0.3, 0.4) is 0 Å². The summed E-state index contributed by atoms with van der Waals surface area (Å²) in [6.45, 7) is 4.46. The van der Waals surface area contributed by atoms with E-state index in [0.717, 1.165) is 24.2 Å². The molecule has 2 unspecified atom stereocenters.